The number of amides is 2. The molecule has 0 fully saturated rings. The van der Waals surface area contributed by atoms with Crippen LogP contribution in [0.2, 0.25) is 0 Å². The topological polar surface area (TPSA) is 41.6 Å². The molecule has 0 spiro atoms. The van der Waals surface area contributed by atoms with Gasteiger partial charge in [0.2, 0.25) is 0 Å². The first-order chi connectivity index (χ1) is 13.6. The van der Waals surface area contributed by atoms with Crippen LogP contribution in [0.3, 0.4) is 0 Å². The van der Waals surface area contributed by atoms with Crippen LogP contribution in [-0.2, 0) is 6.42 Å². The van der Waals surface area contributed by atoms with Crippen molar-refractivity contribution in [3.8, 4) is 5.75 Å². The van der Waals surface area contributed by atoms with Gasteiger partial charge < -0.3 is 15.0 Å². The third-order valence-electron chi connectivity index (χ3n) is 4.62. The molecule has 0 saturated carbocycles. The number of aryl methyl sites for hydroxylation is 1. The highest BCUT2D eigenvalue weighted by molar-refractivity contribution is 5.90. The van der Waals surface area contributed by atoms with Crippen LogP contribution in [0.25, 0.3) is 0 Å². The van der Waals surface area contributed by atoms with E-state index in [0.29, 0.717) is 13.2 Å². The molecule has 144 valence electrons. The molecule has 0 aliphatic rings. The standard InChI is InChI=1S/C24H26N2O2/c1-19-10-6-9-15-23(19)28-17-16-26(2)24(27)25-22-14-8-7-13-21(22)18-20-11-4-3-5-12-20/h3-15H,16-18H2,1-2H3,(H,25,27). The number of carbonyl (C=O) groups is 1. The quantitative estimate of drug-likeness (QED) is 0.623. The number of hydrogen-bond donors (Lipinski definition) is 1. The van der Waals surface area contributed by atoms with Crippen molar-refractivity contribution < 1.29 is 9.53 Å². The fourth-order valence-electron chi connectivity index (χ4n) is 2.94. The molecule has 0 heterocycles. The van der Waals surface area contributed by atoms with Gasteiger partial charge in [-0.25, -0.2) is 4.79 Å². The van der Waals surface area contributed by atoms with Crippen molar-refractivity contribution >= 4 is 11.7 Å². The lowest BCUT2D eigenvalue weighted by atomic mass is 10.0. The van der Waals surface area contributed by atoms with Gasteiger partial charge in [-0.2, -0.15) is 0 Å². The molecule has 4 heteroatoms. The van der Waals surface area contributed by atoms with Crippen LogP contribution in [0, 0.1) is 6.92 Å². The van der Waals surface area contributed by atoms with E-state index in [1.165, 1.54) is 5.56 Å². The zero-order valence-electron chi connectivity index (χ0n) is 16.4. The second-order valence-electron chi connectivity index (χ2n) is 6.79. The van der Waals surface area contributed by atoms with Gasteiger partial charge in [-0.05, 0) is 42.2 Å². The summed E-state index contributed by atoms with van der Waals surface area (Å²) in [6.07, 6.45) is 0.775. The van der Waals surface area contributed by atoms with Crippen LogP contribution in [0.5, 0.6) is 5.75 Å². The maximum absolute atomic E-state index is 12.6. The van der Waals surface area contributed by atoms with Crippen molar-refractivity contribution in [2.24, 2.45) is 0 Å². The Balaban J connectivity index is 1.56. The summed E-state index contributed by atoms with van der Waals surface area (Å²) in [5.74, 6) is 0.851. The lowest BCUT2D eigenvalue weighted by Gasteiger charge is -2.20. The third-order valence-corrected chi connectivity index (χ3v) is 4.62. The molecule has 2 amide bonds. The minimum absolute atomic E-state index is 0.145. The average molecular weight is 374 g/mol. The number of carbonyl (C=O) groups excluding carboxylic acids is 1. The molecule has 28 heavy (non-hydrogen) atoms. The van der Waals surface area contributed by atoms with E-state index in [1.807, 2.05) is 73.7 Å². The highest BCUT2D eigenvalue weighted by Gasteiger charge is 2.11. The van der Waals surface area contributed by atoms with Gasteiger partial charge >= 0.3 is 6.03 Å². The second kappa shape index (κ2) is 9.60. The van der Waals surface area contributed by atoms with Gasteiger partial charge in [-0.1, -0.05) is 66.7 Å². The molecule has 3 aromatic carbocycles. The molecule has 0 aliphatic carbocycles. The lowest BCUT2D eigenvalue weighted by Crippen LogP contribution is -2.34. The zero-order chi connectivity index (χ0) is 19.8. The predicted octanol–water partition coefficient (Wildman–Crippen LogP) is 5.13. The van der Waals surface area contributed by atoms with E-state index in [4.69, 9.17) is 4.74 Å². The van der Waals surface area contributed by atoms with E-state index >= 15 is 0 Å². The van der Waals surface area contributed by atoms with Gasteiger partial charge in [0.25, 0.3) is 0 Å². The molecule has 0 saturated heterocycles. The van der Waals surface area contributed by atoms with Crippen LogP contribution in [0.4, 0.5) is 10.5 Å². The number of nitrogens with one attached hydrogen (secondary N) is 1. The number of anilines is 1. The van der Waals surface area contributed by atoms with E-state index in [0.717, 1.165) is 29.0 Å². The summed E-state index contributed by atoms with van der Waals surface area (Å²) in [4.78, 5) is 14.2. The predicted molar refractivity (Wildman–Crippen MR) is 114 cm³/mol. The molecule has 4 nitrogen and oxygen atoms in total. The maximum Gasteiger partial charge on any atom is 0.321 e. The first-order valence-electron chi connectivity index (χ1n) is 9.46. The van der Waals surface area contributed by atoms with Crippen LogP contribution >= 0.6 is 0 Å². The largest absolute Gasteiger partial charge is 0.491 e. The van der Waals surface area contributed by atoms with E-state index in [2.05, 4.69) is 17.4 Å². The molecule has 0 atom stereocenters. The number of likely N-dealkylation sites (N-methyl/N-ethyl adjacent to an activating group) is 1. The van der Waals surface area contributed by atoms with Crippen LogP contribution in [0.15, 0.2) is 78.9 Å². The summed E-state index contributed by atoms with van der Waals surface area (Å²) in [6.45, 7) is 2.96. The molecular formula is C24H26N2O2. The number of hydrogen-bond acceptors (Lipinski definition) is 2. The maximum atomic E-state index is 12.6. The van der Waals surface area contributed by atoms with Crippen molar-refractivity contribution in [3.05, 3.63) is 95.6 Å². The van der Waals surface area contributed by atoms with Crippen LogP contribution in [-0.4, -0.2) is 31.1 Å². The van der Waals surface area contributed by atoms with Crippen molar-refractivity contribution in [3.63, 3.8) is 0 Å². The molecular weight excluding hydrogens is 348 g/mol. The van der Waals surface area contributed by atoms with E-state index in [9.17, 15) is 4.79 Å². The summed E-state index contributed by atoms with van der Waals surface area (Å²) < 4.78 is 5.79. The fraction of sp³-hybridized carbons (Fsp3) is 0.208. The van der Waals surface area contributed by atoms with Crippen LogP contribution in [0.1, 0.15) is 16.7 Å². The highest BCUT2D eigenvalue weighted by Crippen LogP contribution is 2.20. The van der Waals surface area contributed by atoms with Gasteiger partial charge in [0, 0.05) is 12.7 Å². The number of ether oxygens (including phenoxy) is 1. The van der Waals surface area contributed by atoms with Crippen molar-refractivity contribution in [1.29, 1.82) is 0 Å². The van der Waals surface area contributed by atoms with Gasteiger partial charge in [-0.3, -0.25) is 0 Å². The minimum Gasteiger partial charge on any atom is -0.491 e. The second-order valence-corrected chi connectivity index (χ2v) is 6.79. The Morgan fingerprint density at radius 1 is 0.929 bits per heavy atom. The van der Waals surface area contributed by atoms with Crippen molar-refractivity contribution in [2.75, 3.05) is 25.5 Å². The smallest absolute Gasteiger partial charge is 0.321 e. The SMILES string of the molecule is Cc1ccccc1OCCN(C)C(=O)Nc1ccccc1Cc1ccccc1. The number of nitrogens with zero attached hydrogens (tertiary/aromatic N) is 1. The Morgan fingerprint density at radius 3 is 2.39 bits per heavy atom. The Kier molecular flexibility index (Phi) is 6.68. The monoisotopic (exact) mass is 374 g/mol. The Morgan fingerprint density at radius 2 is 1.61 bits per heavy atom. The molecule has 0 unspecified atom stereocenters. The summed E-state index contributed by atoms with van der Waals surface area (Å²) in [7, 11) is 1.77. The normalized spacial score (nSPS) is 10.4. The summed E-state index contributed by atoms with van der Waals surface area (Å²) in [6, 6.07) is 25.9. The molecule has 3 aromatic rings. The van der Waals surface area contributed by atoms with Gasteiger partial charge in [-0.15, -0.1) is 0 Å². The molecule has 0 aliphatic heterocycles. The average Bonchev–Trinajstić information content (AvgIpc) is 2.71. The molecule has 0 radical (unpaired) electrons. The third kappa shape index (κ3) is 5.36. The zero-order valence-corrected chi connectivity index (χ0v) is 16.4. The van der Waals surface area contributed by atoms with Gasteiger partial charge in [0.1, 0.15) is 12.4 Å². The molecule has 0 bridgehead atoms. The number of benzene rings is 3. The summed E-state index contributed by atoms with van der Waals surface area (Å²) in [5.41, 5.74) is 4.23. The van der Waals surface area contributed by atoms with E-state index in [-0.39, 0.29) is 6.03 Å². The minimum atomic E-state index is -0.145. The number of urea groups is 1. The summed E-state index contributed by atoms with van der Waals surface area (Å²) >= 11 is 0. The highest BCUT2D eigenvalue weighted by atomic mass is 16.5. The van der Waals surface area contributed by atoms with Crippen LogP contribution < -0.4 is 10.1 Å². The molecule has 1 N–H and O–H groups in total. The number of para-hydroxylation sites is 2. The first kappa shape index (κ1) is 19.5. The van der Waals surface area contributed by atoms with E-state index in [1.54, 1.807) is 11.9 Å². The molecule has 0 aromatic heterocycles. The van der Waals surface area contributed by atoms with Gasteiger partial charge in [0.15, 0.2) is 0 Å². The Hall–Kier alpha value is -3.27. The summed E-state index contributed by atoms with van der Waals surface area (Å²) in [5, 5.41) is 3.02. The Labute approximate surface area is 166 Å². The molecule has 3 rings (SSSR count). The van der Waals surface area contributed by atoms with Gasteiger partial charge in [0.05, 0.1) is 6.54 Å². The number of rotatable bonds is 7. The first-order valence-corrected chi connectivity index (χ1v) is 9.46. The van der Waals surface area contributed by atoms with Crippen molar-refractivity contribution in [2.45, 2.75) is 13.3 Å². The Bertz CT molecular complexity index is 909. The fourth-order valence-corrected chi connectivity index (χ4v) is 2.94. The lowest BCUT2D eigenvalue weighted by molar-refractivity contribution is 0.207. The van der Waals surface area contributed by atoms with E-state index < -0.39 is 0 Å². The van der Waals surface area contributed by atoms with Crippen molar-refractivity contribution in [1.82, 2.24) is 4.90 Å².